The van der Waals surface area contributed by atoms with E-state index >= 15 is 0 Å². The van der Waals surface area contributed by atoms with Crippen LogP contribution in [0.25, 0.3) is 5.32 Å². The van der Waals surface area contributed by atoms with Gasteiger partial charge in [-0.2, -0.15) is 0 Å². The Hall–Kier alpha value is -1.07. The molecule has 0 aliphatic carbocycles. The van der Waals surface area contributed by atoms with Gasteiger partial charge in [-0.1, -0.05) is 0 Å². The number of imide groups is 1. The van der Waals surface area contributed by atoms with Gasteiger partial charge < -0.3 is 10.1 Å². The number of carbonyl (C=O) groups is 3. The summed E-state index contributed by atoms with van der Waals surface area (Å²) >= 11 is 0. The van der Waals surface area contributed by atoms with Gasteiger partial charge in [-0.3, -0.25) is 14.5 Å². The maximum absolute atomic E-state index is 12.2. The molecular weight excluding hydrogens is 345 g/mol. The van der Waals surface area contributed by atoms with Crippen LogP contribution in [0.5, 0.6) is 0 Å². The van der Waals surface area contributed by atoms with E-state index in [0.717, 1.165) is 0 Å². The van der Waals surface area contributed by atoms with Crippen molar-refractivity contribution in [2.24, 2.45) is 0 Å². The molecule has 109 valence electrons. The summed E-state index contributed by atoms with van der Waals surface area (Å²) in [5.74, 6) is -1.06. The number of hydrogen-bond acceptors (Lipinski definition) is 3. The molecule has 0 spiro atoms. The average Bonchev–Trinajstić information content (AvgIpc) is 2.42. The molecule has 1 unspecified atom stereocenters. The van der Waals surface area contributed by atoms with Crippen LogP contribution in [0.3, 0.4) is 0 Å². The van der Waals surface area contributed by atoms with Crippen LogP contribution in [0.1, 0.15) is 37.0 Å². The van der Waals surface area contributed by atoms with Gasteiger partial charge >= 0.3 is 0 Å². The first-order chi connectivity index (χ1) is 9.50. The molecule has 1 saturated heterocycles. The van der Waals surface area contributed by atoms with Crippen LogP contribution in [-0.4, -0.2) is 34.7 Å². The molecule has 1 atom stereocenters. The number of nitrogens with zero attached hydrogens (tertiary/aromatic N) is 2. The normalized spacial score (nSPS) is 18.4. The summed E-state index contributed by atoms with van der Waals surface area (Å²) < 4.78 is 0. The molecule has 1 aliphatic rings. The molecule has 0 aromatic heterocycles. The van der Waals surface area contributed by atoms with E-state index in [9.17, 15) is 14.4 Å². The second-order valence-corrected chi connectivity index (χ2v) is 4.96. The van der Waals surface area contributed by atoms with Crippen molar-refractivity contribution in [2.45, 2.75) is 38.8 Å². The van der Waals surface area contributed by atoms with Gasteiger partial charge in [0.2, 0.25) is 11.8 Å². The molecule has 1 radical (unpaired) electrons. The number of benzene rings is 1. The zero-order valence-electron chi connectivity index (χ0n) is 12.1. The first kappa shape index (κ1) is 18.0. The number of piperidine rings is 1. The number of rotatable bonds is 3. The molecule has 6 heteroatoms. The Morgan fingerprint density at radius 3 is 2.67 bits per heavy atom. The van der Waals surface area contributed by atoms with E-state index in [4.69, 9.17) is 0 Å². The summed E-state index contributed by atoms with van der Waals surface area (Å²) in [6.45, 7) is 3.54. The Balaban J connectivity index is 0.00000220. The van der Waals surface area contributed by atoms with Crippen LogP contribution in [0.15, 0.2) is 24.3 Å². The molecule has 21 heavy (non-hydrogen) atoms. The SMILES string of the molecule is CC(C)N1C(=O)CCC([N-]C(=O)c2[c-]cccc2)C1=O.[Y]. The van der Waals surface area contributed by atoms with Crippen LogP contribution in [-0.2, 0) is 42.3 Å². The fourth-order valence-corrected chi connectivity index (χ4v) is 2.19. The van der Waals surface area contributed by atoms with E-state index in [0.29, 0.717) is 12.0 Å². The smallest absolute Gasteiger partial charge is 0.229 e. The molecule has 1 aromatic rings. The van der Waals surface area contributed by atoms with Crippen molar-refractivity contribution in [1.29, 1.82) is 0 Å². The fraction of sp³-hybridized carbons (Fsp3) is 0.400. The summed E-state index contributed by atoms with van der Waals surface area (Å²) in [7, 11) is 0. The van der Waals surface area contributed by atoms with Crippen molar-refractivity contribution in [3.8, 4) is 0 Å². The van der Waals surface area contributed by atoms with Gasteiger partial charge in [-0.25, -0.2) is 0 Å². The van der Waals surface area contributed by atoms with Crippen molar-refractivity contribution < 1.29 is 47.1 Å². The molecule has 2 rings (SSSR count). The van der Waals surface area contributed by atoms with Crippen LogP contribution in [0, 0.1) is 6.07 Å². The summed E-state index contributed by atoms with van der Waals surface area (Å²) in [5.41, 5.74) is 0.327. The monoisotopic (exact) mass is 361 g/mol. The predicted molar refractivity (Wildman–Crippen MR) is 73.0 cm³/mol. The molecule has 0 saturated carbocycles. The number of carbonyl (C=O) groups excluding carboxylic acids is 3. The second-order valence-electron chi connectivity index (χ2n) is 4.96. The molecule has 0 bridgehead atoms. The van der Waals surface area contributed by atoms with Gasteiger partial charge in [0.25, 0.3) is 0 Å². The fourth-order valence-electron chi connectivity index (χ4n) is 2.19. The molecule has 1 aromatic carbocycles. The van der Waals surface area contributed by atoms with Gasteiger partial charge in [0, 0.05) is 45.2 Å². The number of likely N-dealkylation sites (tertiary alicyclic amines) is 1. The average molecular weight is 361 g/mol. The minimum absolute atomic E-state index is 0. The summed E-state index contributed by atoms with van der Waals surface area (Å²) in [5, 5.41) is 3.94. The molecule has 3 amide bonds. The van der Waals surface area contributed by atoms with E-state index in [2.05, 4.69) is 11.4 Å². The first-order valence-electron chi connectivity index (χ1n) is 6.58. The van der Waals surface area contributed by atoms with Crippen LogP contribution < -0.4 is 0 Å². The van der Waals surface area contributed by atoms with Crippen molar-refractivity contribution in [3.63, 3.8) is 0 Å². The molecule has 0 N–H and O–H groups in total. The Labute approximate surface area is 149 Å². The standard InChI is InChI=1S/C15H17N2O3.Y/c1-10(2)17-13(18)9-8-12(15(17)20)16-14(19)11-6-4-3-5-7-11;/h3-6,10,12H,8-9H2,1-2H3,(H,16,19);/q-1;/p-1. The van der Waals surface area contributed by atoms with Gasteiger partial charge in [0.1, 0.15) is 0 Å². The zero-order valence-corrected chi connectivity index (χ0v) is 14.9. The van der Waals surface area contributed by atoms with Crippen LogP contribution in [0.4, 0.5) is 0 Å². The molecule has 1 fully saturated rings. The predicted octanol–water partition coefficient (Wildman–Crippen LogP) is 1.92. The maximum Gasteiger partial charge on any atom is 0.229 e. The minimum Gasteiger partial charge on any atom is -0.684 e. The first-order valence-corrected chi connectivity index (χ1v) is 6.58. The largest absolute Gasteiger partial charge is 0.684 e. The third-order valence-electron chi connectivity index (χ3n) is 3.15. The summed E-state index contributed by atoms with van der Waals surface area (Å²) in [6.07, 6.45) is 0.531. The zero-order chi connectivity index (χ0) is 14.7. The molecule has 1 heterocycles. The van der Waals surface area contributed by atoms with Crippen molar-refractivity contribution >= 4 is 17.7 Å². The molecular formula is C15H16N2O3Y-2. The van der Waals surface area contributed by atoms with Crippen molar-refractivity contribution in [1.82, 2.24) is 4.90 Å². The summed E-state index contributed by atoms with van der Waals surface area (Å²) in [4.78, 5) is 37.1. The number of hydrogen-bond donors (Lipinski definition) is 0. The quantitative estimate of drug-likeness (QED) is 0.610. The Morgan fingerprint density at radius 2 is 2.10 bits per heavy atom. The third-order valence-corrected chi connectivity index (χ3v) is 3.15. The van der Waals surface area contributed by atoms with Gasteiger partial charge in [-0.15, -0.1) is 35.9 Å². The third kappa shape index (κ3) is 4.20. The summed E-state index contributed by atoms with van der Waals surface area (Å²) in [6, 6.07) is 8.48. The van der Waals surface area contributed by atoms with E-state index in [1.807, 2.05) is 0 Å². The minimum atomic E-state index is -0.767. The van der Waals surface area contributed by atoms with E-state index in [1.165, 1.54) is 4.90 Å². The van der Waals surface area contributed by atoms with Crippen LogP contribution >= 0.6 is 0 Å². The van der Waals surface area contributed by atoms with E-state index < -0.39 is 11.9 Å². The number of amides is 3. The van der Waals surface area contributed by atoms with Crippen molar-refractivity contribution in [2.75, 3.05) is 0 Å². The van der Waals surface area contributed by atoms with Gasteiger partial charge in [0.05, 0.1) is 0 Å². The topological polar surface area (TPSA) is 68.6 Å². The van der Waals surface area contributed by atoms with Gasteiger partial charge in [-0.05, 0) is 32.2 Å². The Morgan fingerprint density at radius 1 is 1.38 bits per heavy atom. The van der Waals surface area contributed by atoms with E-state index in [-0.39, 0.29) is 57.0 Å². The molecule has 5 nitrogen and oxygen atoms in total. The molecule has 1 aliphatic heterocycles. The Kier molecular flexibility index (Phi) is 6.68. The second kappa shape index (κ2) is 7.80. The Bertz CT molecular complexity index is 531. The maximum atomic E-state index is 12.2. The van der Waals surface area contributed by atoms with Crippen LogP contribution in [0.2, 0.25) is 0 Å². The van der Waals surface area contributed by atoms with Gasteiger partial charge in [0.15, 0.2) is 0 Å². The van der Waals surface area contributed by atoms with Crippen molar-refractivity contribution in [3.05, 3.63) is 41.2 Å². The van der Waals surface area contributed by atoms with E-state index in [1.54, 1.807) is 38.1 Å².